The SMILES string of the molecule is Cc1nc(COc2ccc(/C=C/C(=O)Nc3nc(C)c(C)s3)cc2)cs1. The first-order valence-electron chi connectivity index (χ1n) is 8.06. The molecule has 0 bridgehead atoms. The summed E-state index contributed by atoms with van der Waals surface area (Å²) in [6.07, 6.45) is 3.26. The largest absolute Gasteiger partial charge is 0.487 e. The molecule has 0 saturated carbocycles. The van der Waals surface area contributed by atoms with Gasteiger partial charge in [0.15, 0.2) is 5.13 Å². The molecule has 7 heteroatoms. The average molecular weight is 386 g/mol. The smallest absolute Gasteiger partial charge is 0.250 e. The Morgan fingerprint density at radius 2 is 1.96 bits per heavy atom. The van der Waals surface area contributed by atoms with Crippen molar-refractivity contribution >= 4 is 39.8 Å². The maximum Gasteiger partial charge on any atom is 0.250 e. The van der Waals surface area contributed by atoms with Gasteiger partial charge in [-0.05, 0) is 44.5 Å². The molecule has 0 saturated heterocycles. The van der Waals surface area contributed by atoms with Crippen LogP contribution in [0.3, 0.4) is 0 Å². The molecule has 0 aliphatic rings. The zero-order valence-corrected chi connectivity index (χ0v) is 16.4. The predicted molar refractivity (Wildman–Crippen MR) is 107 cm³/mol. The molecule has 5 nitrogen and oxygen atoms in total. The van der Waals surface area contributed by atoms with E-state index in [0.29, 0.717) is 11.7 Å². The van der Waals surface area contributed by atoms with Gasteiger partial charge in [-0.15, -0.1) is 22.7 Å². The van der Waals surface area contributed by atoms with E-state index in [2.05, 4.69) is 15.3 Å². The minimum Gasteiger partial charge on any atom is -0.487 e. The molecule has 0 radical (unpaired) electrons. The molecule has 1 N–H and O–H groups in total. The summed E-state index contributed by atoms with van der Waals surface area (Å²) in [5, 5.41) is 6.43. The second-order valence-electron chi connectivity index (χ2n) is 5.70. The van der Waals surface area contributed by atoms with Gasteiger partial charge in [-0.25, -0.2) is 9.97 Å². The summed E-state index contributed by atoms with van der Waals surface area (Å²) in [5.74, 6) is 0.573. The van der Waals surface area contributed by atoms with Gasteiger partial charge in [-0.1, -0.05) is 12.1 Å². The predicted octanol–water partition coefficient (Wildman–Crippen LogP) is 4.76. The molecule has 0 unspecified atom stereocenters. The van der Waals surface area contributed by atoms with E-state index in [4.69, 9.17) is 4.74 Å². The Kier molecular flexibility index (Phi) is 5.80. The van der Waals surface area contributed by atoms with E-state index in [1.54, 1.807) is 17.4 Å². The molecule has 0 aliphatic carbocycles. The van der Waals surface area contributed by atoms with Crippen LogP contribution in [0.2, 0.25) is 0 Å². The van der Waals surface area contributed by atoms with Crippen LogP contribution in [0.5, 0.6) is 5.75 Å². The van der Waals surface area contributed by atoms with E-state index in [1.807, 2.05) is 50.4 Å². The van der Waals surface area contributed by atoms with E-state index >= 15 is 0 Å². The lowest BCUT2D eigenvalue weighted by atomic mass is 10.2. The van der Waals surface area contributed by atoms with Gasteiger partial charge in [0.1, 0.15) is 12.4 Å². The highest BCUT2D eigenvalue weighted by Crippen LogP contribution is 2.21. The number of benzene rings is 1. The normalized spacial score (nSPS) is 11.0. The maximum atomic E-state index is 12.0. The number of rotatable bonds is 6. The topological polar surface area (TPSA) is 64.1 Å². The van der Waals surface area contributed by atoms with Crippen molar-refractivity contribution in [1.29, 1.82) is 0 Å². The van der Waals surface area contributed by atoms with Crippen LogP contribution in [-0.2, 0) is 11.4 Å². The third-order valence-electron chi connectivity index (χ3n) is 3.62. The van der Waals surface area contributed by atoms with Crippen molar-refractivity contribution in [1.82, 2.24) is 9.97 Å². The second-order valence-corrected chi connectivity index (χ2v) is 7.96. The number of ether oxygens (including phenoxy) is 1. The van der Waals surface area contributed by atoms with Crippen LogP contribution >= 0.6 is 22.7 Å². The van der Waals surface area contributed by atoms with Crippen molar-refractivity contribution < 1.29 is 9.53 Å². The number of carbonyl (C=O) groups is 1. The number of thiazole rings is 2. The van der Waals surface area contributed by atoms with E-state index in [9.17, 15) is 4.79 Å². The van der Waals surface area contributed by atoms with Gasteiger partial charge < -0.3 is 4.74 Å². The Morgan fingerprint density at radius 3 is 2.58 bits per heavy atom. The number of aromatic nitrogens is 2. The summed E-state index contributed by atoms with van der Waals surface area (Å²) in [6.45, 7) is 6.34. The van der Waals surface area contributed by atoms with Crippen molar-refractivity contribution in [2.75, 3.05) is 5.32 Å². The number of nitrogens with zero attached hydrogens (tertiary/aromatic N) is 2. The number of aryl methyl sites for hydroxylation is 3. The summed E-state index contributed by atoms with van der Waals surface area (Å²) in [5.41, 5.74) is 2.79. The van der Waals surface area contributed by atoms with Crippen LogP contribution in [0.25, 0.3) is 6.08 Å². The number of carbonyl (C=O) groups excluding carboxylic acids is 1. The highest BCUT2D eigenvalue weighted by atomic mass is 32.1. The van der Waals surface area contributed by atoms with Crippen LogP contribution < -0.4 is 10.1 Å². The Bertz CT molecular complexity index is 907. The van der Waals surface area contributed by atoms with Gasteiger partial charge in [0.2, 0.25) is 5.91 Å². The molecule has 2 heterocycles. The van der Waals surface area contributed by atoms with E-state index in [-0.39, 0.29) is 5.91 Å². The van der Waals surface area contributed by atoms with Crippen LogP contribution in [-0.4, -0.2) is 15.9 Å². The third-order valence-corrected chi connectivity index (χ3v) is 5.43. The van der Waals surface area contributed by atoms with Crippen LogP contribution in [0, 0.1) is 20.8 Å². The molecular weight excluding hydrogens is 366 g/mol. The molecule has 0 atom stereocenters. The summed E-state index contributed by atoms with van der Waals surface area (Å²) in [6, 6.07) is 7.57. The molecule has 0 spiro atoms. The summed E-state index contributed by atoms with van der Waals surface area (Å²) in [7, 11) is 0. The maximum absolute atomic E-state index is 12.0. The number of hydrogen-bond donors (Lipinski definition) is 1. The highest BCUT2D eigenvalue weighted by Gasteiger charge is 2.05. The molecule has 1 aromatic carbocycles. The first-order chi connectivity index (χ1) is 12.5. The van der Waals surface area contributed by atoms with Gasteiger partial charge in [0, 0.05) is 16.3 Å². The van der Waals surface area contributed by atoms with Gasteiger partial charge in [0.25, 0.3) is 0 Å². The van der Waals surface area contributed by atoms with Crippen LogP contribution in [0.1, 0.15) is 26.8 Å². The van der Waals surface area contributed by atoms with Crippen molar-refractivity contribution in [3.63, 3.8) is 0 Å². The fourth-order valence-corrected chi connectivity index (χ4v) is 3.57. The zero-order valence-electron chi connectivity index (χ0n) is 14.8. The lowest BCUT2D eigenvalue weighted by Gasteiger charge is -2.04. The lowest BCUT2D eigenvalue weighted by Crippen LogP contribution is -2.07. The molecule has 134 valence electrons. The van der Waals surface area contributed by atoms with E-state index < -0.39 is 0 Å². The standard InChI is InChI=1S/C19H19N3O2S2/c1-12-13(2)26-19(20-12)22-18(23)9-6-15-4-7-17(8-5-15)24-10-16-11-25-14(3)21-16/h4-9,11H,10H2,1-3H3,(H,20,22,23)/b9-6+. The van der Waals surface area contributed by atoms with Crippen molar-refractivity contribution in [2.45, 2.75) is 27.4 Å². The monoisotopic (exact) mass is 385 g/mol. The van der Waals surface area contributed by atoms with Crippen molar-refractivity contribution in [3.05, 3.63) is 62.6 Å². The summed E-state index contributed by atoms with van der Waals surface area (Å²) in [4.78, 5) is 21.7. The molecular formula is C19H19N3O2S2. The lowest BCUT2D eigenvalue weighted by molar-refractivity contribution is -0.111. The second kappa shape index (κ2) is 8.25. The number of nitrogens with one attached hydrogen (secondary N) is 1. The molecule has 26 heavy (non-hydrogen) atoms. The van der Waals surface area contributed by atoms with E-state index in [1.165, 1.54) is 17.4 Å². The van der Waals surface area contributed by atoms with Crippen LogP contribution in [0.15, 0.2) is 35.7 Å². The molecule has 2 aromatic heterocycles. The molecule has 0 fully saturated rings. The van der Waals surface area contributed by atoms with Crippen molar-refractivity contribution in [3.8, 4) is 5.75 Å². The fourth-order valence-electron chi connectivity index (χ4n) is 2.15. The Balaban J connectivity index is 1.52. The molecule has 1 amide bonds. The van der Waals surface area contributed by atoms with Crippen LogP contribution in [0.4, 0.5) is 5.13 Å². The fraction of sp³-hybridized carbons (Fsp3) is 0.211. The van der Waals surface area contributed by atoms with E-state index in [0.717, 1.165) is 32.6 Å². The Labute approximate surface area is 160 Å². The molecule has 3 aromatic rings. The summed E-state index contributed by atoms with van der Waals surface area (Å²) >= 11 is 3.09. The number of amides is 1. The average Bonchev–Trinajstić information content (AvgIpc) is 3.17. The minimum atomic E-state index is -0.196. The van der Waals surface area contributed by atoms with Gasteiger partial charge in [0.05, 0.1) is 16.4 Å². The summed E-state index contributed by atoms with van der Waals surface area (Å²) < 4.78 is 5.71. The third kappa shape index (κ3) is 5.00. The zero-order chi connectivity index (χ0) is 18.5. The Hall–Kier alpha value is -2.51. The van der Waals surface area contributed by atoms with Gasteiger partial charge >= 0.3 is 0 Å². The quantitative estimate of drug-likeness (QED) is 0.622. The molecule has 0 aliphatic heterocycles. The Morgan fingerprint density at radius 1 is 1.19 bits per heavy atom. The highest BCUT2D eigenvalue weighted by molar-refractivity contribution is 7.15. The first kappa shape index (κ1) is 18.3. The first-order valence-corrected chi connectivity index (χ1v) is 9.76. The minimum absolute atomic E-state index is 0.196. The number of hydrogen-bond acceptors (Lipinski definition) is 6. The molecule has 3 rings (SSSR count). The van der Waals surface area contributed by atoms with Gasteiger partial charge in [-0.2, -0.15) is 0 Å². The van der Waals surface area contributed by atoms with Crippen molar-refractivity contribution in [2.24, 2.45) is 0 Å². The number of anilines is 1. The van der Waals surface area contributed by atoms with Gasteiger partial charge in [-0.3, -0.25) is 10.1 Å².